The zero-order valence-electron chi connectivity index (χ0n) is 11.6. The molecule has 0 aliphatic carbocycles. The average molecular weight is 255 g/mol. The van der Waals surface area contributed by atoms with Gasteiger partial charge in [-0.2, -0.15) is 0 Å². The molecular weight excluding hydrogens is 232 g/mol. The quantitative estimate of drug-likeness (QED) is 0.867. The fraction of sp³-hybridized carbons (Fsp3) is 0.600. The highest BCUT2D eigenvalue weighted by atomic mass is 19.1. The van der Waals surface area contributed by atoms with Gasteiger partial charge >= 0.3 is 0 Å². The Morgan fingerprint density at radius 1 is 1.22 bits per heavy atom. The fourth-order valence-corrected chi connectivity index (χ4v) is 1.86. The largest absolute Gasteiger partial charge is 0.327 e. The van der Waals surface area contributed by atoms with Crippen molar-refractivity contribution in [3.63, 3.8) is 0 Å². The fourth-order valence-electron chi connectivity index (χ4n) is 1.86. The number of nitrogens with two attached hydrogens (primary N) is 1. The van der Waals surface area contributed by atoms with Crippen LogP contribution >= 0.6 is 0 Å². The van der Waals surface area contributed by atoms with E-state index >= 15 is 0 Å². The first-order chi connectivity index (χ1) is 8.20. The van der Waals surface area contributed by atoms with E-state index in [1.54, 1.807) is 0 Å². The lowest BCUT2D eigenvalue weighted by atomic mass is 9.78. The molecule has 2 unspecified atom stereocenters. The molecule has 1 aromatic carbocycles. The molecular formula is C15H23F2N. The van der Waals surface area contributed by atoms with Gasteiger partial charge in [0.1, 0.15) is 11.6 Å². The van der Waals surface area contributed by atoms with E-state index in [2.05, 4.69) is 27.7 Å². The summed E-state index contributed by atoms with van der Waals surface area (Å²) >= 11 is 0. The molecule has 2 atom stereocenters. The highest BCUT2D eigenvalue weighted by Gasteiger charge is 2.22. The SMILES string of the molecule is CC(CC(N)Cc1ccc(F)cc1F)C(C)(C)C. The first kappa shape index (κ1) is 15.1. The molecule has 0 aliphatic rings. The van der Waals surface area contributed by atoms with Gasteiger partial charge in [0.15, 0.2) is 0 Å². The van der Waals surface area contributed by atoms with Crippen LogP contribution in [0, 0.1) is 23.0 Å². The maximum absolute atomic E-state index is 13.5. The molecule has 18 heavy (non-hydrogen) atoms. The van der Waals surface area contributed by atoms with E-state index in [-0.39, 0.29) is 11.5 Å². The third kappa shape index (κ3) is 4.37. The summed E-state index contributed by atoms with van der Waals surface area (Å²) in [4.78, 5) is 0. The predicted molar refractivity (Wildman–Crippen MR) is 71.3 cm³/mol. The second kappa shape index (κ2) is 5.79. The minimum absolute atomic E-state index is 0.0980. The molecule has 1 aromatic rings. The van der Waals surface area contributed by atoms with Crippen molar-refractivity contribution in [2.24, 2.45) is 17.1 Å². The van der Waals surface area contributed by atoms with Crippen LogP contribution in [0.15, 0.2) is 18.2 Å². The van der Waals surface area contributed by atoms with Gasteiger partial charge in [-0.3, -0.25) is 0 Å². The molecule has 0 saturated carbocycles. The summed E-state index contributed by atoms with van der Waals surface area (Å²) in [7, 11) is 0. The lowest BCUT2D eigenvalue weighted by Crippen LogP contribution is -2.30. The first-order valence-electron chi connectivity index (χ1n) is 6.39. The van der Waals surface area contributed by atoms with Crippen molar-refractivity contribution in [3.05, 3.63) is 35.4 Å². The summed E-state index contributed by atoms with van der Waals surface area (Å²) in [5, 5.41) is 0. The highest BCUT2D eigenvalue weighted by Crippen LogP contribution is 2.29. The van der Waals surface area contributed by atoms with Crippen molar-refractivity contribution < 1.29 is 8.78 Å². The van der Waals surface area contributed by atoms with E-state index in [4.69, 9.17) is 5.73 Å². The Balaban J connectivity index is 2.62. The summed E-state index contributed by atoms with van der Waals surface area (Å²) in [6.45, 7) is 8.66. The minimum Gasteiger partial charge on any atom is -0.327 e. The van der Waals surface area contributed by atoms with Crippen molar-refractivity contribution in [2.75, 3.05) is 0 Å². The molecule has 3 heteroatoms. The standard InChI is InChI=1S/C15H23F2N/c1-10(15(2,3)4)7-13(18)8-11-5-6-12(16)9-14(11)17/h5-6,9-10,13H,7-8,18H2,1-4H3. The van der Waals surface area contributed by atoms with Gasteiger partial charge in [0.05, 0.1) is 0 Å². The second-order valence-corrected chi connectivity index (χ2v) is 6.20. The van der Waals surface area contributed by atoms with Crippen LogP contribution < -0.4 is 5.73 Å². The molecule has 0 aromatic heterocycles. The molecule has 0 bridgehead atoms. The zero-order valence-corrected chi connectivity index (χ0v) is 11.6. The molecule has 0 radical (unpaired) electrons. The molecule has 0 heterocycles. The third-order valence-corrected chi connectivity index (χ3v) is 3.63. The molecule has 0 saturated heterocycles. The molecule has 102 valence electrons. The molecule has 0 fully saturated rings. The van der Waals surface area contributed by atoms with E-state index < -0.39 is 11.6 Å². The first-order valence-corrected chi connectivity index (χ1v) is 6.39. The van der Waals surface area contributed by atoms with Crippen molar-refractivity contribution in [1.82, 2.24) is 0 Å². The molecule has 1 rings (SSSR count). The van der Waals surface area contributed by atoms with Crippen molar-refractivity contribution in [2.45, 2.75) is 46.6 Å². The van der Waals surface area contributed by atoms with Crippen molar-refractivity contribution in [3.8, 4) is 0 Å². The number of hydrogen-bond acceptors (Lipinski definition) is 1. The topological polar surface area (TPSA) is 26.0 Å². The lowest BCUT2D eigenvalue weighted by molar-refractivity contribution is 0.232. The summed E-state index contributed by atoms with van der Waals surface area (Å²) in [6.07, 6.45) is 1.28. The van der Waals surface area contributed by atoms with E-state index in [1.165, 1.54) is 12.1 Å². The molecule has 0 aliphatic heterocycles. The molecule has 1 nitrogen and oxygen atoms in total. The van der Waals surface area contributed by atoms with E-state index in [0.29, 0.717) is 17.9 Å². The lowest BCUT2D eigenvalue weighted by Gasteiger charge is -2.29. The van der Waals surface area contributed by atoms with E-state index in [9.17, 15) is 8.78 Å². The van der Waals surface area contributed by atoms with Crippen LogP contribution in [0.5, 0.6) is 0 Å². The van der Waals surface area contributed by atoms with Gasteiger partial charge in [-0.1, -0.05) is 33.8 Å². The number of halogens is 2. The Hall–Kier alpha value is -0.960. The summed E-state index contributed by atoms with van der Waals surface area (Å²) < 4.78 is 26.3. The normalized spacial score (nSPS) is 15.5. The second-order valence-electron chi connectivity index (χ2n) is 6.20. The van der Waals surface area contributed by atoms with Crippen LogP contribution in [0.25, 0.3) is 0 Å². The van der Waals surface area contributed by atoms with Gasteiger partial charge in [0, 0.05) is 12.1 Å². The van der Waals surface area contributed by atoms with Crippen LogP contribution in [-0.4, -0.2) is 6.04 Å². The average Bonchev–Trinajstić information content (AvgIpc) is 2.20. The Kier molecular flexibility index (Phi) is 4.85. The van der Waals surface area contributed by atoms with E-state index in [0.717, 1.165) is 12.5 Å². The van der Waals surface area contributed by atoms with E-state index in [1.807, 2.05) is 0 Å². The number of benzene rings is 1. The summed E-state index contributed by atoms with van der Waals surface area (Å²) in [5.74, 6) is -0.599. The van der Waals surface area contributed by atoms with Crippen LogP contribution in [0.4, 0.5) is 8.78 Å². The van der Waals surface area contributed by atoms with Gasteiger partial charge in [-0.25, -0.2) is 8.78 Å². The van der Waals surface area contributed by atoms with Crippen LogP contribution in [-0.2, 0) is 6.42 Å². The Bertz CT molecular complexity index is 396. The van der Waals surface area contributed by atoms with Crippen molar-refractivity contribution >= 4 is 0 Å². The predicted octanol–water partition coefficient (Wildman–Crippen LogP) is 3.91. The van der Waals surface area contributed by atoms with Gasteiger partial charge in [0.25, 0.3) is 0 Å². The van der Waals surface area contributed by atoms with Gasteiger partial charge in [-0.15, -0.1) is 0 Å². The molecule has 2 N–H and O–H groups in total. The summed E-state index contributed by atoms with van der Waals surface area (Å²) in [5.41, 5.74) is 6.73. The van der Waals surface area contributed by atoms with Gasteiger partial charge in [0.2, 0.25) is 0 Å². The minimum atomic E-state index is -0.548. The number of rotatable bonds is 4. The maximum Gasteiger partial charge on any atom is 0.129 e. The summed E-state index contributed by atoms with van der Waals surface area (Å²) in [6, 6.07) is 3.57. The smallest absolute Gasteiger partial charge is 0.129 e. The number of hydrogen-bond donors (Lipinski definition) is 1. The van der Waals surface area contributed by atoms with Gasteiger partial charge in [-0.05, 0) is 35.8 Å². The third-order valence-electron chi connectivity index (χ3n) is 3.63. The van der Waals surface area contributed by atoms with Crippen molar-refractivity contribution in [1.29, 1.82) is 0 Å². The maximum atomic E-state index is 13.5. The molecule has 0 amide bonds. The highest BCUT2D eigenvalue weighted by molar-refractivity contribution is 5.19. The van der Waals surface area contributed by atoms with Gasteiger partial charge < -0.3 is 5.73 Å². The van der Waals surface area contributed by atoms with Crippen LogP contribution in [0.3, 0.4) is 0 Å². The Morgan fingerprint density at radius 2 is 1.83 bits per heavy atom. The Morgan fingerprint density at radius 3 is 2.33 bits per heavy atom. The van der Waals surface area contributed by atoms with Crippen LogP contribution in [0.1, 0.15) is 39.7 Å². The Labute approximate surface area is 108 Å². The zero-order chi connectivity index (χ0) is 13.9. The monoisotopic (exact) mass is 255 g/mol. The molecule has 0 spiro atoms. The van der Waals surface area contributed by atoms with Crippen LogP contribution in [0.2, 0.25) is 0 Å².